The van der Waals surface area contributed by atoms with Crippen molar-refractivity contribution in [2.75, 3.05) is 13.1 Å². The highest BCUT2D eigenvalue weighted by molar-refractivity contribution is 7.13. The Morgan fingerprint density at radius 3 is 2.39 bits per heavy atom. The summed E-state index contributed by atoms with van der Waals surface area (Å²) in [7, 11) is 0. The highest BCUT2D eigenvalue weighted by atomic mass is 32.1. The Hall–Kier alpha value is -2.35. The minimum Gasteiger partial charge on any atom is -0.459 e. The van der Waals surface area contributed by atoms with Crippen molar-refractivity contribution in [3.05, 3.63) is 29.0 Å². The number of amides is 2. The van der Waals surface area contributed by atoms with Crippen LogP contribution in [0.2, 0.25) is 0 Å². The first-order valence-corrected chi connectivity index (χ1v) is 10.3. The molecule has 0 aliphatic carbocycles. The van der Waals surface area contributed by atoms with Crippen molar-refractivity contribution in [3.63, 3.8) is 0 Å². The maximum Gasteiger partial charge on any atom is 0.410 e. The third-order valence-corrected chi connectivity index (χ3v) is 5.34. The second-order valence-corrected chi connectivity index (χ2v) is 9.10. The fourth-order valence-electron chi connectivity index (χ4n) is 3.37. The summed E-state index contributed by atoms with van der Waals surface area (Å²) in [4.78, 5) is 33.4. The number of thiazole rings is 1. The predicted octanol–water partition coefficient (Wildman–Crippen LogP) is 4.18. The zero-order valence-corrected chi connectivity index (χ0v) is 18.0. The zero-order valence-electron chi connectivity index (χ0n) is 17.2. The molecule has 3 heterocycles. The molecule has 0 aromatic carbocycles. The summed E-state index contributed by atoms with van der Waals surface area (Å²) >= 11 is 1.39. The van der Waals surface area contributed by atoms with Gasteiger partial charge < -0.3 is 19.0 Å². The molecular formula is C20H27N3O4S. The molecule has 2 aromatic rings. The summed E-state index contributed by atoms with van der Waals surface area (Å²) in [5, 5.41) is 2.44. The van der Waals surface area contributed by atoms with Gasteiger partial charge in [0.05, 0.1) is 0 Å². The Balaban J connectivity index is 1.71. The highest BCUT2D eigenvalue weighted by Gasteiger charge is 2.37. The molecule has 2 amide bonds. The summed E-state index contributed by atoms with van der Waals surface area (Å²) in [5.41, 5.74) is -0.143. The monoisotopic (exact) mass is 405 g/mol. The molecule has 152 valence electrons. The highest BCUT2D eigenvalue weighted by Crippen LogP contribution is 2.27. The van der Waals surface area contributed by atoms with Gasteiger partial charge in [0.2, 0.25) is 0 Å². The number of carbonyl (C=O) groups excluding carboxylic acids is 2. The first-order valence-electron chi connectivity index (χ1n) is 9.38. The van der Waals surface area contributed by atoms with Crippen molar-refractivity contribution in [2.45, 2.75) is 59.2 Å². The summed E-state index contributed by atoms with van der Waals surface area (Å²) in [6.45, 7) is 12.1. The van der Waals surface area contributed by atoms with Crippen molar-refractivity contribution >= 4 is 23.3 Å². The van der Waals surface area contributed by atoms with Crippen LogP contribution in [-0.2, 0) is 4.74 Å². The SMILES string of the molecule is Cc1ccc(-c2nc(C(=O)N3[C@H](C)CN(C(=O)OC(C)(C)C)C[C@@H]3C)cs2)o1. The van der Waals surface area contributed by atoms with Crippen LogP contribution in [0.1, 0.15) is 50.9 Å². The molecule has 3 rings (SSSR count). The van der Waals surface area contributed by atoms with Crippen LogP contribution < -0.4 is 0 Å². The molecule has 2 atom stereocenters. The Morgan fingerprint density at radius 1 is 1.21 bits per heavy atom. The molecule has 0 N–H and O–H groups in total. The van der Waals surface area contributed by atoms with E-state index in [1.54, 1.807) is 15.2 Å². The first kappa shape index (κ1) is 20.4. The van der Waals surface area contributed by atoms with Crippen molar-refractivity contribution in [3.8, 4) is 10.8 Å². The summed E-state index contributed by atoms with van der Waals surface area (Å²) in [6, 6.07) is 3.45. The Bertz CT molecular complexity index is 855. The lowest BCUT2D eigenvalue weighted by Crippen LogP contribution is -2.60. The summed E-state index contributed by atoms with van der Waals surface area (Å²) in [5.74, 6) is 1.34. The van der Waals surface area contributed by atoms with Crippen LogP contribution in [0.3, 0.4) is 0 Å². The molecule has 1 fully saturated rings. The molecular weight excluding hydrogens is 378 g/mol. The van der Waals surface area contributed by atoms with E-state index >= 15 is 0 Å². The average Bonchev–Trinajstić information content (AvgIpc) is 3.21. The second-order valence-electron chi connectivity index (χ2n) is 8.24. The Kier molecular flexibility index (Phi) is 5.52. The topological polar surface area (TPSA) is 75.9 Å². The number of hydrogen-bond donors (Lipinski definition) is 0. The number of furan rings is 1. The van der Waals surface area contributed by atoms with Crippen molar-refractivity contribution in [2.24, 2.45) is 0 Å². The fraction of sp³-hybridized carbons (Fsp3) is 0.550. The van der Waals surface area contributed by atoms with Gasteiger partial charge in [0.25, 0.3) is 5.91 Å². The van der Waals surface area contributed by atoms with Gasteiger partial charge in [-0.05, 0) is 53.7 Å². The number of ether oxygens (including phenoxy) is 1. The lowest BCUT2D eigenvalue weighted by molar-refractivity contribution is -0.00501. The van der Waals surface area contributed by atoms with E-state index in [0.29, 0.717) is 29.6 Å². The lowest BCUT2D eigenvalue weighted by atomic mass is 10.1. The first-order chi connectivity index (χ1) is 13.0. The van der Waals surface area contributed by atoms with Crippen LogP contribution >= 0.6 is 11.3 Å². The van der Waals surface area contributed by atoms with E-state index in [1.807, 2.05) is 53.7 Å². The number of aryl methyl sites for hydroxylation is 1. The lowest BCUT2D eigenvalue weighted by Gasteiger charge is -2.44. The van der Waals surface area contributed by atoms with Crippen molar-refractivity contribution in [1.82, 2.24) is 14.8 Å². The maximum absolute atomic E-state index is 13.1. The van der Waals surface area contributed by atoms with Crippen molar-refractivity contribution < 1.29 is 18.7 Å². The Labute approximate surface area is 169 Å². The van der Waals surface area contributed by atoms with Gasteiger partial charge in [-0.3, -0.25) is 4.79 Å². The largest absolute Gasteiger partial charge is 0.459 e. The van der Waals surface area contributed by atoms with Crippen LogP contribution in [0.15, 0.2) is 21.9 Å². The molecule has 0 unspecified atom stereocenters. The van der Waals surface area contributed by atoms with E-state index in [-0.39, 0.29) is 24.1 Å². The predicted molar refractivity (Wildman–Crippen MR) is 107 cm³/mol. The standard InChI is InChI=1S/C20H27N3O4S/c1-12-9-22(19(25)27-20(4,5)6)10-13(2)23(12)18(24)15-11-28-17(21-15)16-8-7-14(3)26-16/h7-8,11-13H,9-10H2,1-6H3/t12-,13+. The smallest absolute Gasteiger partial charge is 0.410 e. The summed E-state index contributed by atoms with van der Waals surface area (Å²) < 4.78 is 11.1. The molecule has 1 saturated heterocycles. The van der Waals surface area contributed by atoms with Crippen LogP contribution in [0.4, 0.5) is 4.79 Å². The molecule has 1 aliphatic heterocycles. The average molecular weight is 406 g/mol. The zero-order chi connectivity index (χ0) is 20.6. The van der Waals surface area contributed by atoms with Gasteiger partial charge in [-0.2, -0.15) is 0 Å². The molecule has 2 aromatic heterocycles. The molecule has 0 spiro atoms. The van der Waals surface area contributed by atoms with Crippen LogP contribution in [-0.4, -0.2) is 57.6 Å². The molecule has 0 saturated carbocycles. The molecule has 28 heavy (non-hydrogen) atoms. The molecule has 8 heteroatoms. The molecule has 0 bridgehead atoms. The van der Waals surface area contributed by atoms with E-state index in [0.717, 1.165) is 5.76 Å². The van der Waals surface area contributed by atoms with Gasteiger partial charge in [0.15, 0.2) is 10.8 Å². The minimum absolute atomic E-state index is 0.130. The van der Waals surface area contributed by atoms with Gasteiger partial charge in [-0.15, -0.1) is 11.3 Å². The second kappa shape index (κ2) is 7.58. The van der Waals surface area contributed by atoms with Crippen LogP contribution in [0.25, 0.3) is 10.8 Å². The number of rotatable bonds is 2. The van der Waals surface area contributed by atoms with Gasteiger partial charge in [-0.25, -0.2) is 9.78 Å². The minimum atomic E-state index is -0.544. The van der Waals surface area contributed by atoms with E-state index in [2.05, 4.69) is 4.98 Å². The van der Waals surface area contributed by atoms with Crippen molar-refractivity contribution in [1.29, 1.82) is 0 Å². The van der Waals surface area contributed by atoms with Gasteiger partial charge in [0.1, 0.15) is 17.1 Å². The van der Waals surface area contributed by atoms with E-state index in [1.165, 1.54) is 11.3 Å². The van der Waals surface area contributed by atoms with Gasteiger partial charge >= 0.3 is 6.09 Å². The number of aromatic nitrogens is 1. The fourth-order valence-corrected chi connectivity index (χ4v) is 4.12. The molecule has 0 radical (unpaired) electrons. The maximum atomic E-state index is 13.1. The third kappa shape index (κ3) is 4.38. The van der Waals surface area contributed by atoms with Crippen LogP contribution in [0.5, 0.6) is 0 Å². The molecule has 1 aliphatic rings. The number of carbonyl (C=O) groups is 2. The van der Waals surface area contributed by atoms with Gasteiger partial charge in [0, 0.05) is 30.6 Å². The normalized spacial score (nSPS) is 20.4. The van der Waals surface area contributed by atoms with E-state index < -0.39 is 5.60 Å². The summed E-state index contributed by atoms with van der Waals surface area (Å²) in [6.07, 6.45) is -0.345. The van der Waals surface area contributed by atoms with Crippen LogP contribution in [0, 0.1) is 6.92 Å². The van der Waals surface area contributed by atoms with E-state index in [4.69, 9.17) is 9.15 Å². The Morgan fingerprint density at radius 2 is 1.86 bits per heavy atom. The number of nitrogens with zero attached hydrogens (tertiary/aromatic N) is 3. The molecule has 7 nitrogen and oxygen atoms in total. The van der Waals surface area contributed by atoms with E-state index in [9.17, 15) is 9.59 Å². The number of hydrogen-bond acceptors (Lipinski definition) is 6. The van der Waals surface area contributed by atoms with Gasteiger partial charge in [-0.1, -0.05) is 0 Å². The number of piperazine rings is 1. The quantitative estimate of drug-likeness (QED) is 0.749. The third-order valence-electron chi connectivity index (χ3n) is 4.48.